The summed E-state index contributed by atoms with van der Waals surface area (Å²) in [4.78, 5) is 12.0. The van der Waals surface area contributed by atoms with E-state index in [9.17, 15) is 9.90 Å². The number of hydrogen-bond donors (Lipinski definition) is 1. The highest BCUT2D eigenvalue weighted by atomic mass is 28.4. The van der Waals surface area contributed by atoms with Gasteiger partial charge in [0.05, 0.1) is 33.9 Å². The Hall–Kier alpha value is -3.29. The average Bonchev–Trinajstić information content (AvgIpc) is 2.89. The third-order valence-corrected chi connectivity index (χ3v) is 11.7. The lowest BCUT2D eigenvalue weighted by molar-refractivity contribution is -0.139. The largest absolute Gasteiger partial charge is 0.493 e. The van der Waals surface area contributed by atoms with Gasteiger partial charge in [0.2, 0.25) is 5.75 Å². The third kappa shape index (κ3) is 6.35. The quantitative estimate of drug-likeness (QED) is 0.335. The lowest BCUT2D eigenvalue weighted by atomic mass is 10.0. The highest BCUT2D eigenvalue weighted by Crippen LogP contribution is 2.40. The number of hydrogen-bond acceptors (Lipinski definition) is 5. The van der Waals surface area contributed by atoms with Crippen molar-refractivity contribution >= 4 is 24.7 Å². The van der Waals surface area contributed by atoms with Crippen LogP contribution in [0, 0.1) is 0 Å². The number of aryl methyl sites for hydroxylation is 1. The Morgan fingerprint density at radius 2 is 1.32 bits per heavy atom. The van der Waals surface area contributed by atoms with Crippen LogP contribution in [0.25, 0.3) is 0 Å². The molecule has 0 saturated heterocycles. The lowest BCUT2D eigenvalue weighted by Gasteiger charge is -2.45. The zero-order chi connectivity index (χ0) is 27.1. The van der Waals surface area contributed by atoms with Crippen molar-refractivity contribution in [1.82, 2.24) is 0 Å². The summed E-state index contributed by atoms with van der Waals surface area (Å²) in [5.74, 6) is 0.784. The molecule has 0 amide bonds. The van der Waals surface area contributed by atoms with Crippen molar-refractivity contribution in [3.63, 3.8) is 0 Å². The monoisotopic (exact) mass is 522 g/mol. The molecule has 0 saturated carbocycles. The molecule has 0 fully saturated rings. The molecule has 0 bridgehead atoms. The number of methoxy groups -OCH3 is 3. The Morgan fingerprint density at radius 1 is 0.838 bits per heavy atom. The summed E-state index contributed by atoms with van der Waals surface area (Å²) in [6.45, 7) is 6.57. The second-order valence-electron chi connectivity index (χ2n) is 10.1. The molecule has 6 nitrogen and oxygen atoms in total. The molecule has 3 aromatic rings. The maximum atomic E-state index is 12.0. The second-order valence-corrected chi connectivity index (χ2v) is 14.3. The molecule has 7 heteroatoms. The van der Waals surface area contributed by atoms with Crippen molar-refractivity contribution in [2.45, 2.75) is 51.2 Å². The normalized spacial score (nSPS) is 12.6. The maximum absolute atomic E-state index is 12.0. The van der Waals surface area contributed by atoms with Crippen molar-refractivity contribution in [2.75, 3.05) is 21.3 Å². The molecule has 0 aliphatic heterocycles. The van der Waals surface area contributed by atoms with Crippen molar-refractivity contribution in [3.05, 3.63) is 78.4 Å². The van der Waals surface area contributed by atoms with E-state index in [1.807, 2.05) is 48.5 Å². The van der Waals surface area contributed by atoms with Gasteiger partial charge in [-0.2, -0.15) is 0 Å². The lowest BCUT2D eigenvalue weighted by Crippen LogP contribution is -2.67. The fourth-order valence-electron chi connectivity index (χ4n) is 4.95. The Balaban J connectivity index is 2.04. The SMILES string of the molecule is COc1cc(CCC(CC(=O)O)O[Si](c2ccccc2)(c2ccccc2)C(C)(C)C)cc(OC)c1OC. The van der Waals surface area contributed by atoms with Gasteiger partial charge >= 0.3 is 5.97 Å². The summed E-state index contributed by atoms with van der Waals surface area (Å²) in [5.41, 5.74) is 0.955. The first-order chi connectivity index (χ1) is 17.7. The Kier molecular flexibility index (Phi) is 9.40. The Bertz CT molecular complexity index is 1090. The topological polar surface area (TPSA) is 74.2 Å². The zero-order valence-electron chi connectivity index (χ0n) is 22.6. The fourth-order valence-corrected chi connectivity index (χ4v) is 9.66. The van der Waals surface area contributed by atoms with E-state index in [1.54, 1.807) is 21.3 Å². The molecule has 0 spiro atoms. The number of carbonyl (C=O) groups is 1. The second kappa shape index (κ2) is 12.3. The highest BCUT2D eigenvalue weighted by molar-refractivity contribution is 6.99. The highest BCUT2D eigenvalue weighted by Gasteiger charge is 2.51. The Labute approximate surface area is 221 Å². The molecular weight excluding hydrogens is 484 g/mol. The van der Waals surface area contributed by atoms with E-state index in [0.717, 1.165) is 15.9 Å². The number of carboxylic acids is 1. The van der Waals surface area contributed by atoms with Crippen molar-refractivity contribution in [3.8, 4) is 17.2 Å². The standard InChI is InChI=1S/C30H38O6Si/c1-30(2,3)37(24-13-9-7-10-14-24,25-15-11-8-12-16-25)36-23(21-28(31)32)18-17-22-19-26(33-4)29(35-6)27(20-22)34-5/h7-16,19-20,23H,17-18,21H2,1-6H3,(H,31,32). The van der Waals surface area contributed by atoms with Crippen LogP contribution in [0.3, 0.4) is 0 Å². The molecule has 1 atom stereocenters. The van der Waals surface area contributed by atoms with Crippen molar-refractivity contribution < 1.29 is 28.5 Å². The Morgan fingerprint density at radius 3 is 1.70 bits per heavy atom. The summed E-state index contributed by atoms with van der Waals surface area (Å²) in [6.07, 6.45) is 0.528. The summed E-state index contributed by atoms with van der Waals surface area (Å²) in [6, 6.07) is 24.4. The van der Waals surface area contributed by atoms with Crippen LogP contribution in [-0.4, -0.2) is 46.8 Å². The van der Waals surface area contributed by atoms with E-state index < -0.39 is 20.4 Å². The first-order valence-corrected chi connectivity index (χ1v) is 14.4. The minimum absolute atomic E-state index is 0.0884. The van der Waals surface area contributed by atoms with Gasteiger partial charge in [0.1, 0.15) is 0 Å². The summed E-state index contributed by atoms with van der Waals surface area (Å²) >= 11 is 0. The molecule has 37 heavy (non-hydrogen) atoms. The number of carboxylic acid groups (broad SMARTS) is 1. The average molecular weight is 523 g/mol. The van der Waals surface area contributed by atoms with Crippen LogP contribution in [0.2, 0.25) is 5.04 Å². The van der Waals surface area contributed by atoms with Crippen LogP contribution in [0.4, 0.5) is 0 Å². The predicted octanol–water partition coefficient (Wildman–Crippen LogP) is 5.06. The number of benzene rings is 3. The molecule has 0 aromatic heterocycles. The van der Waals surface area contributed by atoms with Crippen LogP contribution >= 0.6 is 0 Å². The van der Waals surface area contributed by atoms with Crippen LogP contribution in [0.1, 0.15) is 39.2 Å². The van der Waals surface area contributed by atoms with E-state index in [0.29, 0.717) is 30.1 Å². The minimum Gasteiger partial charge on any atom is -0.493 e. The molecule has 3 aromatic carbocycles. The van der Waals surface area contributed by atoms with Gasteiger partial charge in [-0.05, 0) is 45.9 Å². The van der Waals surface area contributed by atoms with Crippen molar-refractivity contribution in [1.29, 1.82) is 0 Å². The van der Waals surface area contributed by atoms with Crippen LogP contribution in [0.5, 0.6) is 17.2 Å². The van der Waals surface area contributed by atoms with Gasteiger partial charge in [-0.3, -0.25) is 4.79 Å². The molecule has 0 radical (unpaired) electrons. The molecule has 0 heterocycles. The van der Waals surface area contributed by atoms with Gasteiger partial charge in [-0.1, -0.05) is 81.4 Å². The number of rotatable bonds is 12. The first-order valence-electron chi connectivity index (χ1n) is 12.5. The fraction of sp³-hybridized carbons (Fsp3) is 0.367. The molecule has 198 valence electrons. The van der Waals surface area contributed by atoms with E-state index in [-0.39, 0.29) is 11.5 Å². The number of aliphatic carboxylic acids is 1. The first kappa shape index (κ1) is 28.3. The minimum atomic E-state index is -2.90. The number of ether oxygens (including phenoxy) is 3. The van der Waals surface area contributed by atoms with Gasteiger partial charge in [0.15, 0.2) is 11.5 Å². The van der Waals surface area contributed by atoms with Crippen molar-refractivity contribution in [2.24, 2.45) is 0 Å². The van der Waals surface area contributed by atoms with Gasteiger partial charge < -0.3 is 23.7 Å². The molecular formula is C30H38O6Si. The summed E-state index contributed by atoms with van der Waals surface area (Å²) < 4.78 is 23.6. The predicted molar refractivity (Wildman–Crippen MR) is 149 cm³/mol. The molecule has 0 aliphatic rings. The van der Waals surface area contributed by atoms with Gasteiger partial charge in [-0.25, -0.2) is 0 Å². The summed E-state index contributed by atoms with van der Waals surface area (Å²) in [7, 11) is 1.84. The van der Waals surface area contributed by atoms with E-state index in [2.05, 4.69) is 45.0 Å². The summed E-state index contributed by atoms with van der Waals surface area (Å²) in [5, 5.41) is 11.8. The van der Waals surface area contributed by atoms with Gasteiger partial charge in [-0.15, -0.1) is 0 Å². The van der Waals surface area contributed by atoms with E-state index >= 15 is 0 Å². The zero-order valence-corrected chi connectivity index (χ0v) is 23.6. The van der Waals surface area contributed by atoms with Gasteiger partial charge in [0.25, 0.3) is 8.32 Å². The molecule has 3 rings (SSSR count). The third-order valence-electron chi connectivity index (χ3n) is 6.64. The van der Waals surface area contributed by atoms with Crippen LogP contribution in [0.15, 0.2) is 72.8 Å². The molecule has 1 unspecified atom stereocenters. The van der Waals surface area contributed by atoms with E-state index in [1.165, 1.54) is 0 Å². The smallest absolute Gasteiger partial charge is 0.305 e. The van der Waals surface area contributed by atoms with Crippen LogP contribution in [-0.2, 0) is 15.6 Å². The molecule has 1 N–H and O–H groups in total. The van der Waals surface area contributed by atoms with Crippen LogP contribution < -0.4 is 24.6 Å². The van der Waals surface area contributed by atoms with E-state index in [4.69, 9.17) is 18.6 Å². The molecule has 0 aliphatic carbocycles. The maximum Gasteiger partial charge on any atom is 0.305 e. The van der Waals surface area contributed by atoms with Gasteiger partial charge in [0, 0.05) is 0 Å².